The number of hydrogen-bond donors (Lipinski definition) is 3. The molecule has 0 fully saturated rings. The first-order valence-corrected chi connectivity index (χ1v) is 6.52. The summed E-state index contributed by atoms with van der Waals surface area (Å²) < 4.78 is 0. The molecule has 1 aromatic carbocycles. The Labute approximate surface area is 124 Å². The van der Waals surface area contributed by atoms with Crippen LogP contribution in [-0.4, -0.2) is 16.9 Å². The highest BCUT2D eigenvalue weighted by atomic mass is 16.3. The van der Waals surface area contributed by atoms with Crippen LogP contribution in [0.5, 0.6) is 5.75 Å². The highest BCUT2D eigenvalue weighted by Crippen LogP contribution is 2.28. The van der Waals surface area contributed by atoms with Crippen molar-refractivity contribution in [3.05, 3.63) is 53.6 Å². The van der Waals surface area contributed by atoms with E-state index in [9.17, 15) is 14.7 Å². The fourth-order valence-electron chi connectivity index (χ4n) is 1.90. The fraction of sp³-hybridized carbons (Fsp3) is 0.250. The third kappa shape index (κ3) is 4.21. The van der Waals surface area contributed by atoms with E-state index < -0.39 is 0 Å². The lowest BCUT2D eigenvalue weighted by molar-refractivity contribution is -0.117. The number of benzene rings is 1. The summed E-state index contributed by atoms with van der Waals surface area (Å²) in [5.74, 6) is -0.544. The molecule has 3 N–H and O–H groups in total. The van der Waals surface area contributed by atoms with Crippen LogP contribution in [0.25, 0.3) is 0 Å². The molecule has 0 aromatic heterocycles. The van der Waals surface area contributed by atoms with Gasteiger partial charge in [-0.3, -0.25) is 9.59 Å². The van der Waals surface area contributed by atoms with Crippen LogP contribution < -0.4 is 10.6 Å². The van der Waals surface area contributed by atoms with Crippen LogP contribution in [0.2, 0.25) is 0 Å². The summed E-state index contributed by atoms with van der Waals surface area (Å²) in [4.78, 5) is 22.5. The standard InChI is InChI=1S/C16H20N2O3/c1-5-14(19)17-8-12-7-10(3)11(4)13(16(12)21)9-18-15(20)6-2/h5-7,21H,1-2,8-9H2,3-4H3,(H,17,19)(H,18,20). The second-order valence-electron chi connectivity index (χ2n) is 4.65. The van der Waals surface area contributed by atoms with Gasteiger partial charge in [0.25, 0.3) is 0 Å². The number of phenolic OH excluding ortho intramolecular Hbond substituents is 1. The van der Waals surface area contributed by atoms with Gasteiger partial charge >= 0.3 is 0 Å². The van der Waals surface area contributed by atoms with Gasteiger partial charge in [0.2, 0.25) is 11.8 Å². The summed E-state index contributed by atoms with van der Waals surface area (Å²) in [6.45, 7) is 10.9. The third-order valence-corrected chi connectivity index (χ3v) is 3.29. The van der Waals surface area contributed by atoms with Crippen molar-refractivity contribution in [3.8, 4) is 5.75 Å². The molecule has 0 aliphatic heterocycles. The van der Waals surface area contributed by atoms with Crippen LogP contribution in [0.3, 0.4) is 0 Å². The number of carbonyl (C=O) groups excluding carboxylic acids is 2. The van der Waals surface area contributed by atoms with Crippen LogP contribution in [0.4, 0.5) is 0 Å². The summed E-state index contributed by atoms with van der Waals surface area (Å²) >= 11 is 0. The van der Waals surface area contributed by atoms with Gasteiger partial charge in [0.05, 0.1) is 0 Å². The van der Waals surface area contributed by atoms with Gasteiger partial charge in [0.15, 0.2) is 0 Å². The van der Waals surface area contributed by atoms with Crippen molar-refractivity contribution < 1.29 is 14.7 Å². The number of aromatic hydroxyl groups is 1. The zero-order chi connectivity index (χ0) is 16.0. The predicted octanol–water partition coefficient (Wildman–Crippen LogP) is 1.61. The van der Waals surface area contributed by atoms with E-state index in [1.165, 1.54) is 12.2 Å². The molecule has 0 aliphatic rings. The highest BCUT2D eigenvalue weighted by Gasteiger charge is 2.14. The van der Waals surface area contributed by atoms with Gasteiger partial charge in [-0.05, 0) is 37.1 Å². The third-order valence-electron chi connectivity index (χ3n) is 3.29. The normalized spacial score (nSPS) is 9.81. The van der Waals surface area contributed by atoms with Gasteiger partial charge in [-0.1, -0.05) is 19.2 Å². The molecule has 0 saturated carbocycles. The lowest BCUT2D eigenvalue weighted by Crippen LogP contribution is -2.22. The largest absolute Gasteiger partial charge is 0.507 e. The Morgan fingerprint density at radius 3 is 2.19 bits per heavy atom. The zero-order valence-corrected chi connectivity index (χ0v) is 12.3. The van der Waals surface area contributed by atoms with Crippen molar-refractivity contribution in [2.24, 2.45) is 0 Å². The molecular formula is C16H20N2O3. The van der Waals surface area contributed by atoms with Gasteiger partial charge in [-0.2, -0.15) is 0 Å². The summed E-state index contributed by atoms with van der Waals surface area (Å²) in [6, 6.07) is 1.81. The number of amides is 2. The van der Waals surface area contributed by atoms with Crippen molar-refractivity contribution in [1.29, 1.82) is 0 Å². The quantitative estimate of drug-likeness (QED) is 0.696. The van der Waals surface area contributed by atoms with Crippen LogP contribution in [0.1, 0.15) is 22.3 Å². The first-order chi connectivity index (χ1) is 9.90. The summed E-state index contributed by atoms with van der Waals surface area (Å²) in [5, 5.41) is 15.6. The monoisotopic (exact) mass is 288 g/mol. The lowest BCUT2D eigenvalue weighted by Gasteiger charge is -2.16. The number of phenols is 1. The molecular weight excluding hydrogens is 268 g/mol. The first-order valence-electron chi connectivity index (χ1n) is 6.52. The SMILES string of the molecule is C=CC(=O)NCc1cc(C)c(C)c(CNC(=O)C=C)c1O. The Balaban J connectivity index is 3.03. The molecule has 0 bridgehead atoms. The predicted molar refractivity (Wildman–Crippen MR) is 81.7 cm³/mol. The molecule has 2 amide bonds. The van der Waals surface area contributed by atoms with Crippen LogP contribution in [0, 0.1) is 13.8 Å². The summed E-state index contributed by atoms with van der Waals surface area (Å²) in [7, 11) is 0. The number of aryl methyl sites for hydroxylation is 1. The molecule has 0 saturated heterocycles. The van der Waals surface area contributed by atoms with Gasteiger partial charge in [0, 0.05) is 24.2 Å². The molecule has 5 nitrogen and oxygen atoms in total. The Morgan fingerprint density at radius 2 is 1.67 bits per heavy atom. The highest BCUT2D eigenvalue weighted by molar-refractivity contribution is 5.87. The molecule has 1 aromatic rings. The molecule has 0 spiro atoms. The van der Waals surface area contributed by atoms with Crippen LogP contribution in [-0.2, 0) is 22.7 Å². The molecule has 0 heterocycles. The second-order valence-corrected chi connectivity index (χ2v) is 4.65. The smallest absolute Gasteiger partial charge is 0.243 e. The van der Waals surface area contributed by atoms with Crippen molar-refractivity contribution in [2.75, 3.05) is 0 Å². The first kappa shape index (κ1) is 16.5. The molecule has 5 heteroatoms. The molecule has 112 valence electrons. The van der Waals surface area contributed by atoms with Gasteiger partial charge < -0.3 is 15.7 Å². The van der Waals surface area contributed by atoms with E-state index in [1.54, 1.807) is 0 Å². The fourth-order valence-corrected chi connectivity index (χ4v) is 1.90. The van der Waals surface area contributed by atoms with E-state index in [2.05, 4.69) is 23.8 Å². The minimum Gasteiger partial charge on any atom is -0.507 e. The van der Waals surface area contributed by atoms with Crippen LogP contribution >= 0.6 is 0 Å². The maximum Gasteiger partial charge on any atom is 0.243 e. The topological polar surface area (TPSA) is 78.4 Å². The van der Waals surface area contributed by atoms with Crippen molar-refractivity contribution in [2.45, 2.75) is 26.9 Å². The van der Waals surface area contributed by atoms with E-state index in [-0.39, 0.29) is 30.7 Å². The van der Waals surface area contributed by atoms with Gasteiger partial charge in [-0.25, -0.2) is 0 Å². The molecule has 0 unspecified atom stereocenters. The van der Waals surface area contributed by atoms with Crippen LogP contribution in [0.15, 0.2) is 31.4 Å². The van der Waals surface area contributed by atoms with Crippen molar-refractivity contribution >= 4 is 11.8 Å². The maximum absolute atomic E-state index is 11.3. The number of nitrogens with one attached hydrogen (secondary N) is 2. The Bertz CT molecular complexity index is 592. The van der Waals surface area contributed by atoms with E-state index in [1.807, 2.05) is 19.9 Å². The number of rotatable bonds is 6. The molecule has 0 radical (unpaired) electrons. The minimum absolute atomic E-state index is 0.0758. The summed E-state index contributed by atoms with van der Waals surface area (Å²) in [6.07, 6.45) is 2.34. The van der Waals surface area contributed by atoms with Crippen molar-refractivity contribution in [3.63, 3.8) is 0 Å². The molecule has 1 rings (SSSR count). The average Bonchev–Trinajstić information content (AvgIpc) is 2.48. The van der Waals surface area contributed by atoms with E-state index >= 15 is 0 Å². The second kappa shape index (κ2) is 7.28. The van der Waals surface area contributed by atoms with Gasteiger partial charge in [-0.15, -0.1) is 0 Å². The molecule has 0 aliphatic carbocycles. The number of hydrogen-bond acceptors (Lipinski definition) is 3. The van der Waals surface area contributed by atoms with E-state index in [0.29, 0.717) is 11.1 Å². The lowest BCUT2D eigenvalue weighted by atomic mass is 9.97. The zero-order valence-electron chi connectivity index (χ0n) is 12.3. The average molecular weight is 288 g/mol. The maximum atomic E-state index is 11.3. The summed E-state index contributed by atoms with van der Waals surface area (Å²) in [5.41, 5.74) is 3.10. The Kier molecular flexibility index (Phi) is 5.72. The van der Waals surface area contributed by atoms with Gasteiger partial charge in [0.1, 0.15) is 5.75 Å². The molecule has 0 atom stereocenters. The number of carbonyl (C=O) groups is 2. The molecule has 21 heavy (non-hydrogen) atoms. The van der Waals surface area contributed by atoms with Crippen molar-refractivity contribution in [1.82, 2.24) is 10.6 Å². The van der Waals surface area contributed by atoms with E-state index in [4.69, 9.17) is 0 Å². The Hall–Kier alpha value is -2.56. The Morgan fingerprint density at radius 1 is 1.14 bits per heavy atom. The van der Waals surface area contributed by atoms with E-state index in [0.717, 1.165) is 11.1 Å². The minimum atomic E-state index is -0.311.